The van der Waals surface area contributed by atoms with Crippen LogP contribution in [0.2, 0.25) is 0 Å². The Labute approximate surface area is 180 Å². The molecule has 5 heteroatoms. The number of fused-ring (bicyclic) bond motifs is 3. The molecule has 3 aromatic carbocycles. The lowest BCUT2D eigenvalue weighted by Gasteiger charge is -2.31. The molecule has 0 unspecified atom stereocenters. The SMILES string of the molecule is COc1cccc(N2COc3ccc4c(C)c(Cc5ccccc5)c(=O)oc4c3C2)c1. The lowest BCUT2D eigenvalue weighted by molar-refractivity contribution is 0.289. The van der Waals surface area contributed by atoms with E-state index in [2.05, 4.69) is 4.90 Å². The van der Waals surface area contributed by atoms with Gasteiger partial charge in [-0.3, -0.25) is 0 Å². The van der Waals surface area contributed by atoms with Crippen LogP contribution in [0.5, 0.6) is 11.5 Å². The van der Waals surface area contributed by atoms with E-state index in [0.717, 1.165) is 39.3 Å². The standard InChI is InChI=1S/C26H23NO4/c1-17-21-11-12-24-23(15-27(16-30-24)19-9-6-10-20(14-19)29-2)25(21)31-26(28)22(17)13-18-7-4-3-5-8-18/h3-12,14H,13,15-16H2,1-2H3. The molecule has 0 spiro atoms. The van der Waals surface area contributed by atoms with Gasteiger partial charge in [0.05, 0.1) is 19.2 Å². The zero-order chi connectivity index (χ0) is 21.4. The van der Waals surface area contributed by atoms with E-state index in [1.54, 1.807) is 7.11 Å². The Bertz CT molecular complexity index is 1310. The van der Waals surface area contributed by atoms with Gasteiger partial charge in [0.1, 0.15) is 17.1 Å². The molecule has 1 aliphatic rings. The van der Waals surface area contributed by atoms with Crippen LogP contribution in [-0.2, 0) is 13.0 Å². The molecule has 0 amide bonds. The van der Waals surface area contributed by atoms with Crippen LogP contribution in [-0.4, -0.2) is 13.8 Å². The zero-order valence-electron chi connectivity index (χ0n) is 17.6. The number of aryl methyl sites for hydroxylation is 1. The van der Waals surface area contributed by atoms with E-state index in [4.69, 9.17) is 13.9 Å². The van der Waals surface area contributed by atoms with Crippen LogP contribution < -0.4 is 20.0 Å². The second-order valence-electron chi connectivity index (χ2n) is 7.75. The van der Waals surface area contributed by atoms with Crippen LogP contribution >= 0.6 is 0 Å². The number of methoxy groups -OCH3 is 1. The van der Waals surface area contributed by atoms with Crippen molar-refractivity contribution < 1.29 is 13.9 Å². The van der Waals surface area contributed by atoms with Crippen LogP contribution in [0.1, 0.15) is 22.3 Å². The van der Waals surface area contributed by atoms with E-state index in [-0.39, 0.29) is 5.63 Å². The second kappa shape index (κ2) is 7.84. The first-order valence-electron chi connectivity index (χ1n) is 10.3. The van der Waals surface area contributed by atoms with Crippen LogP contribution in [0.15, 0.2) is 75.9 Å². The number of hydrogen-bond donors (Lipinski definition) is 0. The van der Waals surface area contributed by atoms with Gasteiger partial charge in [-0.15, -0.1) is 0 Å². The summed E-state index contributed by atoms with van der Waals surface area (Å²) in [6, 6.07) is 21.8. The monoisotopic (exact) mass is 413 g/mol. The van der Waals surface area contributed by atoms with E-state index >= 15 is 0 Å². The van der Waals surface area contributed by atoms with Gasteiger partial charge in [-0.2, -0.15) is 0 Å². The van der Waals surface area contributed by atoms with Crippen molar-refractivity contribution in [2.75, 3.05) is 18.7 Å². The molecular weight excluding hydrogens is 390 g/mol. The minimum atomic E-state index is -0.291. The highest BCUT2D eigenvalue weighted by Gasteiger charge is 2.24. The van der Waals surface area contributed by atoms with Gasteiger partial charge in [0, 0.05) is 29.1 Å². The Morgan fingerprint density at radius 2 is 1.87 bits per heavy atom. The van der Waals surface area contributed by atoms with Gasteiger partial charge in [0.2, 0.25) is 0 Å². The molecule has 0 aliphatic carbocycles. The van der Waals surface area contributed by atoms with Crippen molar-refractivity contribution in [3.05, 3.63) is 99.4 Å². The first kappa shape index (κ1) is 19.2. The van der Waals surface area contributed by atoms with Crippen LogP contribution in [0.3, 0.4) is 0 Å². The van der Waals surface area contributed by atoms with Crippen molar-refractivity contribution in [2.45, 2.75) is 19.9 Å². The highest BCUT2D eigenvalue weighted by molar-refractivity contribution is 5.86. The van der Waals surface area contributed by atoms with Crippen molar-refractivity contribution in [1.29, 1.82) is 0 Å². The molecule has 0 bridgehead atoms. The summed E-state index contributed by atoms with van der Waals surface area (Å²) >= 11 is 0. The third-order valence-corrected chi connectivity index (χ3v) is 5.88. The summed E-state index contributed by atoms with van der Waals surface area (Å²) in [7, 11) is 1.65. The van der Waals surface area contributed by atoms with Gasteiger partial charge in [0.15, 0.2) is 6.73 Å². The van der Waals surface area contributed by atoms with Crippen molar-refractivity contribution >= 4 is 16.7 Å². The second-order valence-corrected chi connectivity index (χ2v) is 7.75. The number of benzene rings is 3. The quantitative estimate of drug-likeness (QED) is 0.438. The normalized spacial score (nSPS) is 13.0. The summed E-state index contributed by atoms with van der Waals surface area (Å²) in [5, 5.41) is 0.945. The predicted octanol–water partition coefficient (Wildman–Crippen LogP) is 5.06. The number of nitrogens with zero attached hydrogens (tertiary/aromatic N) is 1. The van der Waals surface area contributed by atoms with Crippen molar-refractivity contribution in [2.24, 2.45) is 0 Å². The van der Waals surface area contributed by atoms with Gasteiger partial charge in [-0.1, -0.05) is 36.4 Å². The molecule has 0 fully saturated rings. The molecule has 0 saturated carbocycles. The summed E-state index contributed by atoms with van der Waals surface area (Å²) < 4.78 is 17.2. The highest BCUT2D eigenvalue weighted by Crippen LogP contribution is 2.36. The summed E-state index contributed by atoms with van der Waals surface area (Å²) in [4.78, 5) is 15.0. The maximum atomic E-state index is 12.9. The molecule has 5 rings (SSSR count). The molecule has 0 atom stereocenters. The maximum Gasteiger partial charge on any atom is 0.340 e. The van der Waals surface area contributed by atoms with Crippen molar-refractivity contribution in [3.63, 3.8) is 0 Å². The van der Waals surface area contributed by atoms with Crippen molar-refractivity contribution in [1.82, 2.24) is 0 Å². The Hall–Kier alpha value is -3.73. The van der Waals surface area contributed by atoms with Gasteiger partial charge in [-0.05, 0) is 42.3 Å². The molecule has 1 aliphatic heterocycles. The Morgan fingerprint density at radius 3 is 2.68 bits per heavy atom. The van der Waals surface area contributed by atoms with Gasteiger partial charge in [-0.25, -0.2) is 4.79 Å². The number of ether oxygens (including phenoxy) is 2. The third kappa shape index (κ3) is 3.52. The zero-order valence-corrected chi connectivity index (χ0v) is 17.6. The number of anilines is 1. The minimum Gasteiger partial charge on any atom is -0.497 e. The molecule has 4 aromatic rings. The Kier molecular flexibility index (Phi) is 4.86. The molecule has 0 saturated heterocycles. The number of rotatable bonds is 4. The van der Waals surface area contributed by atoms with Crippen molar-refractivity contribution in [3.8, 4) is 11.5 Å². The minimum absolute atomic E-state index is 0.291. The van der Waals surface area contributed by atoms with Crippen LogP contribution in [0.25, 0.3) is 11.0 Å². The smallest absolute Gasteiger partial charge is 0.340 e. The average molecular weight is 413 g/mol. The molecule has 5 nitrogen and oxygen atoms in total. The third-order valence-electron chi connectivity index (χ3n) is 5.88. The molecular formula is C26H23NO4. The molecule has 0 N–H and O–H groups in total. The van der Waals surface area contributed by atoms with Gasteiger partial charge < -0.3 is 18.8 Å². The topological polar surface area (TPSA) is 51.9 Å². The summed E-state index contributed by atoms with van der Waals surface area (Å²) in [5.41, 5.74) is 4.92. The highest BCUT2D eigenvalue weighted by atomic mass is 16.5. The maximum absolute atomic E-state index is 12.9. The first-order valence-corrected chi connectivity index (χ1v) is 10.3. The van der Waals surface area contributed by atoms with Crippen LogP contribution in [0.4, 0.5) is 5.69 Å². The summed E-state index contributed by atoms with van der Waals surface area (Å²) in [6.45, 7) is 2.99. The number of hydrogen-bond acceptors (Lipinski definition) is 5. The fraction of sp³-hybridized carbons (Fsp3) is 0.192. The van der Waals surface area contributed by atoms with E-state index in [9.17, 15) is 4.79 Å². The molecule has 1 aromatic heterocycles. The summed E-state index contributed by atoms with van der Waals surface area (Å²) in [5.74, 6) is 1.54. The fourth-order valence-electron chi connectivity index (χ4n) is 4.14. The lowest BCUT2D eigenvalue weighted by atomic mass is 9.97. The fourth-order valence-corrected chi connectivity index (χ4v) is 4.14. The lowest BCUT2D eigenvalue weighted by Crippen LogP contribution is -2.32. The molecule has 2 heterocycles. The van der Waals surface area contributed by atoms with Gasteiger partial charge in [0.25, 0.3) is 0 Å². The Balaban J connectivity index is 1.57. The van der Waals surface area contributed by atoms with E-state index in [1.807, 2.05) is 73.7 Å². The Morgan fingerprint density at radius 1 is 1.03 bits per heavy atom. The summed E-state index contributed by atoms with van der Waals surface area (Å²) in [6.07, 6.45) is 0.550. The largest absolute Gasteiger partial charge is 0.497 e. The molecule has 31 heavy (non-hydrogen) atoms. The van der Waals surface area contributed by atoms with E-state index < -0.39 is 0 Å². The molecule has 0 radical (unpaired) electrons. The van der Waals surface area contributed by atoms with E-state index in [1.165, 1.54) is 0 Å². The predicted molar refractivity (Wildman–Crippen MR) is 121 cm³/mol. The molecule has 156 valence electrons. The average Bonchev–Trinajstić information content (AvgIpc) is 2.82. The van der Waals surface area contributed by atoms with E-state index in [0.29, 0.717) is 30.8 Å². The van der Waals surface area contributed by atoms with Gasteiger partial charge >= 0.3 is 5.63 Å². The first-order chi connectivity index (χ1) is 15.1. The van der Waals surface area contributed by atoms with Crippen LogP contribution in [0, 0.1) is 6.92 Å².